The molecule has 39 heavy (non-hydrogen) atoms. The Morgan fingerprint density at radius 1 is 0.923 bits per heavy atom. The Hall–Kier alpha value is -1.80. The zero-order chi connectivity index (χ0) is 27.8. The van der Waals surface area contributed by atoms with Crippen LogP contribution in [0.5, 0.6) is 0 Å². The van der Waals surface area contributed by atoms with Gasteiger partial charge in [-0.25, -0.2) is 4.79 Å². The zero-order valence-electron chi connectivity index (χ0n) is 23.6. The predicted molar refractivity (Wildman–Crippen MR) is 151 cm³/mol. The number of amides is 1. The van der Waals surface area contributed by atoms with Gasteiger partial charge in [-0.3, -0.25) is 0 Å². The first kappa shape index (κ1) is 31.7. The largest absolute Gasteiger partial charge is 1.00 e. The normalized spacial score (nSPS) is 12.5. The quantitative estimate of drug-likeness (QED) is 0.371. The molecule has 0 saturated heterocycles. The van der Waals surface area contributed by atoms with E-state index in [0.29, 0.717) is 16.7 Å². The minimum Gasteiger partial charge on any atom is -0.449 e. The summed E-state index contributed by atoms with van der Waals surface area (Å²) in [5.74, 6) is 2.95. The van der Waals surface area contributed by atoms with E-state index in [4.69, 9.17) is 4.74 Å². The van der Waals surface area contributed by atoms with Gasteiger partial charge < -0.3 is 23.0 Å². The van der Waals surface area contributed by atoms with Gasteiger partial charge in [0, 0.05) is 18.0 Å². The van der Waals surface area contributed by atoms with Crippen molar-refractivity contribution in [2.75, 3.05) is 6.61 Å². The average Bonchev–Trinajstić information content (AvgIpc) is 3.14. The first-order valence-corrected chi connectivity index (χ1v) is 16.2. The van der Waals surface area contributed by atoms with Gasteiger partial charge >= 0.3 is 64.5 Å². The van der Waals surface area contributed by atoms with Crippen molar-refractivity contribution in [3.63, 3.8) is 0 Å². The van der Waals surface area contributed by atoms with Crippen molar-refractivity contribution in [2.24, 2.45) is 0 Å². The fourth-order valence-corrected chi connectivity index (χ4v) is 5.80. The van der Waals surface area contributed by atoms with E-state index in [2.05, 4.69) is 28.9 Å². The smallest absolute Gasteiger partial charge is 0.449 e. The molecule has 0 atom stereocenters. The molecule has 0 aromatic heterocycles. The third-order valence-electron chi connectivity index (χ3n) is 7.11. The van der Waals surface area contributed by atoms with Crippen LogP contribution in [0.2, 0.25) is 19.6 Å². The number of nitrogens with one attached hydrogen (secondary N) is 1. The van der Waals surface area contributed by atoms with Gasteiger partial charge in [0.05, 0.1) is 0 Å². The molecule has 1 aliphatic carbocycles. The molecule has 3 aromatic carbocycles. The first-order valence-electron chi connectivity index (χ1n) is 12.7. The first-order chi connectivity index (χ1) is 17.8. The number of alkyl carbamates (subject to hydrolysis) is 1. The number of halogens is 3. The zero-order valence-corrected chi connectivity index (χ0v) is 27.8. The van der Waals surface area contributed by atoms with E-state index in [1.54, 1.807) is 6.92 Å². The van der Waals surface area contributed by atoms with Crippen molar-refractivity contribution in [2.45, 2.75) is 52.9 Å². The fraction of sp³-hybridized carbons (Fsp3) is 0.300. The van der Waals surface area contributed by atoms with Crippen LogP contribution in [0.25, 0.3) is 11.1 Å². The third kappa shape index (κ3) is 6.92. The fourth-order valence-electron chi connectivity index (χ4n) is 5.30. The summed E-state index contributed by atoms with van der Waals surface area (Å²) in [6.07, 6.45) is -0.667. The third-order valence-corrected chi connectivity index (χ3v) is 7.98. The molecule has 0 spiro atoms. The molecule has 0 unspecified atom stereocenters. The van der Waals surface area contributed by atoms with Gasteiger partial charge in [0.1, 0.15) is 14.7 Å². The number of carbonyl (C=O) groups excluding carboxylic acids is 1. The number of rotatable bonds is 5. The summed E-state index contributed by atoms with van der Waals surface area (Å²) in [6.45, 7) is 5.68. The summed E-state index contributed by atoms with van der Waals surface area (Å²) in [7, 11) is -1.82. The molecule has 3 aromatic rings. The number of benzene rings is 3. The van der Waals surface area contributed by atoms with Crippen molar-refractivity contribution in [1.82, 2.24) is 5.32 Å². The molecule has 0 heterocycles. The molecule has 0 aliphatic heterocycles. The van der Waals surface area contributed by atoms with Crippen LogP contribution in [-0.2, 0) is 11.3 Å². The van der Waals surface area contributed by atoms with Gasteiger partial charge in [0.2, 0.25) is 0 Å². The molecule has 0 radical (unpaired) electrons. The molecule has 9 heteroatoms. The summed E-state index contributed by atoms with van der Waals surface area (Å²) in [6, 6.07) is 16.1. The van der Waals surface area contributed by atoms with Crippen molar-refractivity contribution >= 4 is 26.6 Å². The monoisotopic (exact) mass is 573 g/mol. The Morgan fingerprint density at radius 2 is 1.46 bits per heavy atom. The molecule has 0 fully saturated rings. The van der Waals surface area contributed by atoms with E-state index in [-0.39, 0.29) is 81.6 Å². The number of ether oxygens (including phenoxy) is 1. The number of hydrogen-bond acceptors (Lipinski definition) is 2. The Morgan fingerprint density at radius 3 is 1.97 bits per heavy atom. The van der Waals surface area contributed by atoms with E-state index in [1.807, 2.05) is 56.0 Å². The topological polar surface area (TPSA) is 38.3 Å². The molecule has 1 amide bonds. The van der Waals surface area contributed by atoms with Crippen LogP contribution in [0, 0.1) is 32.2 Å². The molecule has 4 rings (SSSR count). The summed E-state index contributed by atoms with van der Waals surface area (Å²) in [5.41, 5.74) is 8.77. The minimum atomic E-state index is -5.26. The average molecular weight is 574 g/mol. The summed E-state index contributed by atoms with van der Waals surface area (Å²) in [5, 5.41) is 2.69. The SMILES string of the molecule is Cc1c(C#C[Si](C)(C)C)c(C)c([B-](F)(F)F)c(C)c1CNC(=O)OCC1c2ccccc2-c2ccccc21.[K+]. The number of carbonyl (C=O) groups is 1. The van der Waals surface area contributed by atoms with Crippen LogP contribution in [0.1, 0.15) is 44.9 Å². The van der Waals surface area contributed by atoms with E-state index < -0.39 is 26.6 Å². The van der Waals surface area contributed by atoms with Gasteiger partial charge in [-0.05, 0) is 54.2 Å². The van der Waals surface area contributed by atoms with Gasteiger partial charge in [0.25, 0.3) is 0 Å². The van der Waals surface area contributed by atoms with Crippen LogP contribution in [0.3, 0.4) is 0 Å². The Kier molecular flexibility index (Phi) is 10.1. The Labute approximate surface area is 272 Å². The minimum absolute atomic E-state index is 0. The molecule has 0 saturated carbocycles. The molecule has 3 nitrogen and oxygen atoms in total. The number of hydrogen-bond donors (Lipinski definition) is 1. The van der Waals surface area contributed by atoms with Crippen molar-refractivity contribution < 1.29 is 73.9 Å². The summed E-state index contributed by atoms with van der Waals surface area (Å²) in [4.78, 5) is 12.7. The molecule has 1 N–H and O–H groups in total. The van der Waals surface area contributed by atoms with Crippen LogP contribution in [0.15, 0.2) is 48.5 Å². The predicted octanol–water partition coefficient (Wildman–Crippen LogP) is 3.94. The van der Waals surface area contributed by atoms with Crippen molar-refractivity contribution in [3.05, 3.63) is 87.5 Å². The second kappa shape index (κ2) is 12.4. The number of fused-ring (bicyclic) bond motifs is 3. The molecule has 1 aliphatic rings. The van der Waals surface area contributed by atoms with Crippen LogP contribution in [0.4, 0.5) is 17.7 Å². The van der Waals surface area contributed by atoms with E-state index >= 15 is 0 Å². The molecule has 0 bridgehead atoms. The van der Waals surface area contributed by atoms with E-state index in [0.717, 1.165) is 22.3 Å². The van der Waals surface area contributed by atoms with Crippen LogP contribution >= 0.6 is 0 Å². The maximum atomic E-state index is 14.1. The van der Waals surface area contributed by atoms with E-state index in [9.17, 15) is 17.7 Å². The Balaban J connectivity index is 0.00000420. The second-order valence-corrected chi connectivity index (χ2v) is 15.6. The standard InChI is InChI=1S/C30H32BF3NO2Si.K/c1-19-22(15-16-38(4,5)6)20(2)29(31(32,33)34)21(3)27(19)17-35-30(36)37-18-28-25-13-9-7-11-23(25)24-12-8-10-14-26(24)28;/h7-14,28H,17-18H2,1-6H3,(H,35,36);/q-1;+1. The van der Waals surface area contributed by atoms with Gasteiger partial charge in [0.15, 0.2) is 0 Å². The van der Waals surface area contributed by atoms with Crippen LogP contribution in [-0.4, -0.2) is 27.8 Å². The van der Waals surface area contributed by atoms with Gasteiger partial charge in [-0.1, -0.05) is 85.2 Å². The molecule has 198 valence electrons. The maximum Gasteiger partial charge on any atom is 1.00 e. The second-order valence-electron chi connectivity index (χ2n) is 10.9. The van der Waals surface area contributed by atoms with Crippen LogP contribution < -0.4 is 62.2 Å². The van der Waals surface area contributed by atoms with Crippen molar-refractivity contribution in [3.8, 4) is 22.6 Å². The molecular weight excluding hydrogens is 541 g/mol. The van der Waals surface area contributed by atoms with Gasteiger partial charge in [-0.15, -0.1) is 11.0 Å². The Bertz CT molecular complexity index is 1430. The van der Waals surface area contributed by atoms with Gasteiger partial charge in [-0.2, -0.15) is 0 Å². The summed E-state index contributed by atoms with van der Waals surface area (Å²) >= 11 is 0. The van der Waals surface area contributed by atoms with Crippen molar-refractivity contribution in [1.29, 1.82) is 0 Å². The maximum absolute atomic E-state index is 14.1. The summed E-state index contributed by atoms with van der Waals surface area (Å²) < 4.78 is 48.0. The van der Waals surface area contributed by atoms with E-state index in [1.165, 1.54) is 13.8 Å². The molecular formula is C30H32BF3KNO2Si.